The summed E-state index contributed by atoms with van der Waals surface area (Å²) in [5, 5.41) is 2.19. The van der Waals surface area contributed by atoms with E-state index in [1.165, 1.54) is 11.3 Å². The van der Waals surface area contributed by atoms with Crippen LogP contribution in [-0.4, -0.2) is 17.9 Å². The molecule has 0 fully saturated rings. The number of thiazole rings is 1. The molecule has 19 heavy (non-hydrogen) atoms. The average Bonchev–Trinajstić information content (AvgIpc) is 2.83. The number of hydrogen-bond donors (Lipinski definition) is 0. The molecule has 1 aromatic carbocycles. The van der Waals surface area contributed by atoms with Gasteiger partial charge in [0.15, 0.2) is 4.80 Å². The summed E-state index contributed by atoms with van der Waals surface area (Å²) in [4.78, 5) is 5.56. The average molecular weight is 276 g/mol. The van der Waals surface area contributed by atoms with Crippen molar-refractivity contribution in [3.63, 3.8) is 0 Å². The Morgan fingerprint density at radius 1 is 1.21 bits per heavy atom. The molecule has 0 saturated carbocycles. The van der Waals surface area contributed by atoms with Gasteiger partial charge in [-0.2, -0.15) is 0 Å². The zero-order valence-corrected chi connectivity index (χ0v) is 12.3. The highest BCUT2D eigenvalue weighted by molar-refractivity contribution is 7.07. The van der Waals surface area contributed by atoms with E-state index in [1.807, 2.05) is 13.0 Å². The largest absolute Gasteiger partial charge is 0.359 e. The molecular weight excluding hydrogens is 256 g/mol. The number of ether oxygens (including phenoxy) is 1. The SMILES string of the molecule is CCOC/N=c1\scc(CC)n1Cc1ccccc1. The first kappa shape index (κ1) is 14.0. The molecule has 0 spiro atoms. The quantitative estimate of drug-likeness (QED) is 0.745. The lowest BCUT2D eigenvalue weighted by Gasteiger charge is -2.07. The van der Waals surface area contributed by atoms with Crippen LogP contribution in [0.3, 0.4) is 0 Å². The minimum Gasteiger partial charge on any atom is -0.359 e. The maximum absolute atomic E-state index is 5.31. The number of aryl methyl sites for hydroxylation is 1. The van der Waals surface area contributed by atoms with Gasteiger partial charge in [0.2, 0.25) is 0 Å². The number of hydrogen-bond acceptors (Lipinski definition) is 3. The van der Waals surface area contributed by atoms with E-state index >= 15 is 0 Å². The van der Waals surface area contributed by atoms with Crippen molar-refractivity contribution in [2.75, 3.05) is 13.3 Å². The van der Waals surface area contributed by atoms with Crippen LogP contribution in [0.15, 0.2) is 40.7 Å². The van der Waals surface area contributed by atoms with Crippen molar-refractivity contribution in [3.8, 4) is 0 Å². The molecule has 0 atom stereocenters. The summed E-state index contributed by atoms with van der Waals surface area (Å²) in [6, 6.07) is 10.5. The lowest BCUT2D eigenvalue weighted by atomic mass is 10.2. The van der Waals surface area contributed by atoms with Gasteiger partial charge in [-0.1, -0.05) is 37.3 Å². The molecule has 102 valence electrons. The Morgan fingerprint density at radius 2 is 2.00 bits per heavy atom. The van der Waals surface area contributed by atoms with E-state index in [0.29, 0.717) is 13.3 Å². The molecule has 0 radical (unpaired) electrons. The van der Waals surface area contributed by atoms with E-state index in [1.54, 1.807) is 11.3 Å². The van der Waals surface area contributed by atoms with Crippen LogP contribution >= 0.6 is 11.3 Å². The van der Waals surface area contributed by atoms with Gasteiger partial charge in [0.25, 0.3) is 0 Å². The van der Waals surface area contributed by atoms with Crippen molar-refractivity contribution < 1.29 is 4.74 Å². The zero-order valence-electron chi connectivity index (χ0n) is 11.5. The maximum Gasteiger partial charge on any atom is 0.187 e. The van der Waals surface area contributed by atoms with E-state index in [-0.39, 0.29) is 0 Å². The van der Waals surface area contributed by atoms with Crippen molar-refractivity contribution in [3.05, 3.63) is 51.8 Å². The Hall–Kier alpha value is -1.39. The molecule has 0 bridgehead atoms. The minimum atomic E-state index is 0.439. The standard InChI is InChI=1S/C15H20N2OS/c1-3-14-11-19-15(16-12-18-4-2)17(14)10-13-8-6-5-7-9-13/h5-9,11H,3-4,10,12H2,1-2H3/b16-15-. The van der Waals surface area contributed by atoms with Crippen LogP contribution in [0.2, 0.25) is 0 Å². The summed E-state index contributed by atoms with van der Waals surface area (Å²) in [6.45, 7) is 6.18. The topological polar surface area (TPSA) is 26.5 Å². The molecule has 3 nitrogen and oxygen atoms in total. The van der Waals surface area contributed by atoms with Crippen LogP contribution in [0.25, 0.3) is 0 Å². The third kappa shape index (κ3) is 3.78. The molecule has 0 aliphatic rings. The Labute approximate surface area is 118 Å². The Kier molecular flexibility index (Phi) is 5.36. The molecule has 0 unspecified atom stereocenters. The lowest BCUT2D eigenvalue weighted by molar-refractivity contribution is 0.153. The van der Waals surface area contributed by atoms with Crippen LogP contribution in [0.5, 0.6) is 0 Å². The first-order chi connectivity index (χ1) is 9.35. The van der Waals surface area contributed by atoms with E-state index in [0.717, 1.165) is 17.8 Å². The minimum absolute atomic E-state index is 0.439. The number of nitrogens with zero attached hydrogens (tertiary/aromatic N) is 2. The second kappa shape index (κ2) is 7.26. The van der Waals surface area contributed by atoms with E-state index in [4.69, 9.17) is 4.74 Å². The summed E-state index contributed by atoms with van der Waals surface area (Å²) in [5.74, 6) is 0. The summed E-state index contributed by atoms with van der Waals surface area (Å²) < 4.78 is 7.59. The van der Waals surface area contributed by atoms with Crippen LogP contribution < -0.4 is 4.80 Å². The van der Waals surface area contributed by atoms with E-state index in [9.17, 15) is 0 Å². The Balaban J connectivity index is 2.26. The first-order valence-electron chi connectivity index (χ1n) is 6.64. The summed E-state index contributed by atoms with van der Waals surface area (Å²) >= 11 is 1.69. The molecule has 0 N–H and O–H groups in total. The molecule has 1 aromatic heterocycles. The fourth-order valence-electron chi connectivity index (χ4n) is 1.89. The molecule has 4 heteroatoms. The van der Waals surface area contributed by atoms with Gasteiger partial charge in [0.1, 0.15) is 6.73 Å². The van der Waals surface area contributed by atoms with Crippen LogP contribution in [-0.2, 0) is 17.7 Å². The summed E-state index contributed by atoms with van der Waals surface area (Å²) in [7, 11) is 0. The summed E-state index contributed by atoms with van der Waals surface area (Å²) in [5.41, 5.74) is 2.62. The maximum atomic E-state index is 5.31. The van der Waals surface area contributed by atoms with Gasteiger partial charge >= 0.3 is 0 Å². The van der Waals surface area contributed by atoms with Crippen molar-refractivity contribution in [2.24, 2.45) is 4.99 Å². The molecule has 0 amide bonds. The highest BCUT2D eigenvalue weighted by Crippen LogP contribution is 2.07. The fourth-order valence-corrected chi connectivity index (χ4v) is 2.87. The highest BCUT2D eigenvalue weighted by atomic mass is 32.1. The molecule has 0 aliphatic heterocycles. The third-order valence-electron chi connectivity index (χ3n) is 2.92. The van der Waals surface area contributed by atoms with Crippen LogP contribution in [0.1, 0.15) is 25.1 Å². The lowest BCUT2D eigenvalue weighted by Crippen LogP contribution is -2.19. The van der Waals surface area contributed by atoms with Crippen molar-refractivity contribution in [1.29, 1.82) is 0 Å². The smallest absolute Gasteiger partial charge is 0.187 e. The predicted molar refractivity (Wildman–Crippen MR) is 79.3 cm³/mol. The van der Waals surface area contributed by atoms with Gasteiger partial charge in [0, 0.05) is 17.7 Å². The Morgan fingerprint density at radius 3 is 2.68 bits per heavy atom. The van der Waals surface area contributed by atoms with Gasteiger partial charge in [-0.3, -0.25) is 0 Å². The second-order valence-corrected chi connectivity index (χ2v) is 5.05. The van der Waals surface area contributed by atoms with E-state index < -0.39 is 0 Å². The van der Waals surface area contributed by atoms with Gasteiger partial charge in [-0.15, -0.1) is 11.3 Å². The van der Waals surface area contributed by atoms with Gasteiger partial charge in [-0.05, 0) is 18.9 Å². The van der Waals surface area contributed by atoms with Gasteiger partial charge in [0.05, 0.1) is 6.54 Å². The van der Waals surface area contributed by atoms with Crippen LogP contribution in [0.4, 0.5) is 0 Å². The predicted octanol–water partition coefficient (Wildman–Crippen LogP) is 3.06. The van der Waals surface area contributed by atoms with Crippen molar-refractivity contribution in [2.45, 2.75) is 26.8 Å². The fraction of sp³-hybridized carbons (Fsp3) is 0.400. The molecular formula is C15H20N2OS. The normalized spacial score (nSPS) is 12.0. The number of aromatic nitrogens is 1. The monoisotopic (exact) mass is 276 g/mol. The summed E-state index contributed by atoms with van der Waals surface area (Å²) in [6.07, 6.45) is 1.02. The highest BCUT2D eigenvalue weighted by Gasteiger charge is 2.04. The first-order valence-corrected chi connectivity index (χ1v) is 7.52. The molecule has 0 saturated heterocycles. The molecule has 0 aliphatic carbocycles. The molecule has 2 aromatic rings. The van der Waals surface area contributed by atoms with Gasteiger partial charge in [-0.25, -0.2) is 4.99 Å². The van der Waals surface area contributed by atoms with Crippen molar-refractivity contribution in [1.82, 2.24) is 4.57 Å². The number of benzene rings is 1. The zero-order chi connectivity index (χ0) is 13.5. The molecule has 2 rings (SSSR count). The molecule has 1 heterocycles. The van der Waals surface area contributed by atoms with Gasteiger partial charge < -0.3 is 9.30 Å². The number of rotatable bonds is 6. The van der Waals surface area contributed by atoms with E-state index in [2.05, 4.69) is 46.1 Å². The van der Waals surface area contributed by atoms with Crippen LogP contribution in [0, 0.1) is 0 Å². The Bertz CT molecular complexity index is 557. The van der Waals surface area contributed by atoms with Crippen molar-refractivity contribution >= 4 is 11.3 Å². The second-order valence-electron chi connectivity index (χ2n) is 4.21. The third-order valence-corrected chi connectivity index (χ3v) is 3.87.